The minimum absolute atomic E-state index is 0.270. The smallest absolute Gasteiger partial charge is 0.236 e. The monoisotopic (exact) mass is 418 g/mol. The third-order valence-electron chi connectivity index (χ3n) is 5.66. The average Bonchev–Trinajstić information content (AvgIpc) is 2.69. The van der Waals surface area contributed by atoms with E-state index < -0.39 is 0 Å². The molecular weight excluding hydrogens is 384 g/mol. The lowest BCUT2D eigenvalue weighted by Gasteiger charge is -2.39. The number of carbonyl (C=O) groups excluding carboxylic acids is 1. The number of thiocarbonyl (C=S) groups is 1. The molecule has 160 valence electrons. The molecule has 1 amide bonds. The molecule has 2 atom stereocenters. The van der Waals surface area contributed by atoms with Crippen molar-refractivity contribution in [2.45, 2.75) is 27.2 Å². The first-order chi connectivity index (χ1) is 13.9. The summed E-state index contributed by atoms with van der Waals surface area (Å²) in [6.07, 6.45) is 1.22. The predicted molar refractivity (Wildman–Crippen MR) is 121 cm³/mol. The fraction of sp³-hybridized carbons (Fsp3) is 0.636. The third kappa shape index (κ3) is 6.31. The number of hydrogen-bond donors (Lipinski definition) is 1. The van der Waals surface area contributed by atoms with Crippen LogP contribution in [-0.2, 0) is 4.79 Å². The lowest BCUT2D eigenvalue weighted by molar-refractivity contribution is -0.135. The number of nitrogens with one attached hydrogen (secondary N) is 1. The van der Waals surface area contributed by atoms with E-state index >= 15 is 0 Å². The van der Waals surface area contributed by atoms with E-state index in [9.17, 15) is 4.79 Å². The number of hydrogen-bond acceptors (Lipinski definition) is 4. The summed E-state index contributed by atoms with van der Waals surface area (Å²) in [5.41, 5.74) is 0.962. The Morgan fingerprint density at radius 2 is 1.69 bits per heavy atom. The van der Waals surface area contributed by atoms with Crippen molar-refractivity contribution < 1.29 is 9.53 Å². The molecule has 1 N–H and O–H groups in total. The van der Waals surface area contributed by atoms with E-state index in [4.69, 9.17) is 17.0 Å². The third-order valence-corrected chi connectivity index (χ3v) is 6.02. The number of benzene rings is 1. The van der Waals surface area contributed by atoms with Crippen LogP contribution in [-0.4, -0.2) is 78.1 Å². The molecule has 6 nitrogen and oxygen atoms in total. The van der Waals surface area contributed by atoms with Crippen LogP contribution in [0.25, 0.3) is 0 Å². The van der Waals surface area contributed by atoms with Crippen molar-refractivity contribution in [3.63, 3.8) is 0 Å². The van der Waals surface area contributed by atoms with Crippen molar-refractivity contribution in [1.29, 1.82) is 0 Å². The summed E-state index contributed by atoms with van der Waals surface area (Å²) in [5, 5.41) is 4.04. The minimum atomic E-state index is 0.270. The number of rotatable bonds is 5. The molecule has 1 aromatic rings. The normalized spacial score (nSPS) is 23.0. The van der Waals surface area contributed by atoms with Gasteiger partial charge < -0.3 is 19.9 Å². The van der Waals surface area contributed by atoms with E-state index in [0.29, 0.717) is 25.0 Å². The number of carbonyl (C=O) groups is 1. The Labute approximate surface area is 180 Å². The highest BCUT2D eigenvalue weighted by molar-refractivity contribution is 7.80. The summed E-state index contributed by atoms with van der Waals surface area (Å²) in [4.78, 5) is 19.2. The summed E-state index contributed by atoms with van der Waals surface area (Å²) in [5.74, 6) is 2.34. The molecule has 0 spiro atoms. The quantitative estimate of drug-likeness (QED) is 0.742. The van der Waals surface area contributed by atoms with E-state index in [0.717, 1.165) is 55.8 Å². The lowest BCUT2D eigenvalue weighted by Crippen LogP contribution is -2.53. The SMILES string of the molecule is CCOc1ccc(NC(=S)N2CCN(CC(=O)N3C[C@H](C)C[C@H](C)C3)CC2)cc1. The maximum absolute atomic E-state index is 12.7. The maximum Gasteiger partial charge on any atom is 0.236 e. The summed E-state index contributed by atoms with van der Waals surface area (Å²) in [7, 11) is 0. The van der Waals surface area contributed by atoms with E-state index in [2.05, 4.69) is 33.9 Å². The second-order valence-electron chi connectivity index (χ2n) is 8.40. The molecule has 2 aliphatic heterocycles. The van der Waals surface area contributed by atoms with Gasteiger partial charge in [0, 0.05) is 45.0 Å². The number of likely N-dealkylation sites (tertiary alicyclic amines) is 1. The van der Waals surface area contributed by atoms with Gasteiger partial charge in [0.15, 0.2) is 5.11 Å². The van der Waals surface area contributed by atoms with E-state index in [-0.39, 0.29) is 5.91 Å². The van der Waals surface area contributed by atoms with Gasteiger partial charge in [0.1, 0.15) is 5.75 Å². The first-order valence-electron chi connectivity index (χ1n) is 10.7. The van der Waals surface area contributed by atoms with Crippen LogP contribution in [0.15, 0.2) is 24.3 Å². The summed E-state index contributed by atoms with van der Waals surface area (Å²) in [6.45, 7) is 12.8. The molecule has 0 aliphatic carbocycles. The molecule has 0 aromatic heterocycles. The van der Waals surface area contributed by atoms with E-state index in [1.54, 1.807) is 0 Å². The van der Waals surface area contributed by atoms with Crippen molar-refractivity contribution in [3.8, 4) is 5.75 Å². The second kappa shape index (κ2) is 10.3. The van der Waals surface area contributed by atoms with Crippen molar-refractivity contribution in [2.75, 3.05) is 57.7 Å². The van der Waals surface area contributed by atoms with Crippen molar-refractivity contribution in [3.05, 3.63) is 24.3 Å². The summed E-state index contributed by atoms with van der Waals surface area (Å²) >= 11 is 5.58. The average molecular weight is 419 g/mol. The Hall–Kier alpha value is -1.86. The molecule has 0 bridgehead atoms. The molecule has 2 fully saturated rings. The Balaban J connectivity index is 1.42. The Morgan fingerprint density at radius 3 is 2.28 bits per heavy atom. The fourth-order valence-corrected chi connectivity index (χ4v) is 4.57. The van der Waals surface area contributed by atoms with E-state index in [1.165, 1.54) is 6.42 Å². The number of nitrogens with zero attached hydrogens (tertiary/aromatic N) is 3. The zero-order chi connectivity index (χ0) is 20.8. The van der Waals surface area contributed by atoms with Crippen LogP contribution in [0.1, 0.15) is 27.2 Å². The molecule has 2 heterocycles. The molecule has 3 rings (SSSR count). The molecule has 2 saturated heterocycles. The molecule has 0 radical (unpaired) electrons. The van der Waals surface area contributed by atoms with Crippen molar-refractivity contribution >= 4 is 28.9 Å². The van der Waals surface area contributed by atoms with Gasteiger partial charge in [-0.25, -0.2) is 0 Å². The molecule has 0 saturated carbocycles. The predicted octanol–water partition coefficient (Wildman–Crippen LogP) is 2.90. The van der Waals surface area contributed by atoms with Crippen LogP contribution in [0.2, 0.25) is 0 Å². The van der Waals surface area contributed by atoms with Gasteiger partial charge in [-0.05, 0) is 61.7 Å². The van der Waals surface area contributed by atoms with Crippen LogP contribution in [0.3, 0.4) is 0 Å². The van der Waals surface area contributed by atoms with E-state index in [1.807, 2.05) is 31.2 Å². The van der Waals surface area contributed by atoms with Gasteiger partial charge in [-0.2, -0.15) is 0 Å². The molecule has 2 aliphatic rings. The Kier molecular flexibility index (Phi) is 7.72. The van der Waals surface area contributed by atoms with Crippen LogP contribution >= 0.6 is 12.2 Å². The molecule has 7 heteroatoms. The van der Waals surface area contributed by atoms with Crippen LogP contribution in [0.4, 0.5) is 5.69 Å². The van der Waals surface area contributed by atoms with Crippen molar-refractivity contribution in [2.24, 2.45) is 11.8 Å². The van der Waals surface area contributed by atoms with Gasteiger partial charge in [-0.3, -0.25) is 9.69 Å². The Bertz CT molecular complexity index is 679. The van der Waals surface area contributed by atoms with Gasteiger partial charge in [0.2, 0.25) is 5.91 Å². The van der Waals surface area contributed by atoms with Gasteiger partial charge in [0.05, 0.1) is 13.2 Å². The summed E-state index contributed by atoms with van der Waals surface area (Å²) in [6, 6.07) is 7.85. The zero-order valence-electron chi connectivity index (χ0n) is 17.9. The highest BCUT2D eigenvalue weighted by Crippen LogP contribution is 2.21. The van der Waals surface area contributed by atoms with Crippen molar-refractivity contribution in [1.82, 2.24) is 14.7 Å². The second-order valence-corrected chi connectivity index (χ2v) is 8.78. The van der Waals surface area contributed by atoms with Gasteiger partial charge in [-0.1, -0.05) is 13.8 Å². The topological polar surface area (TPSA) is 48.1 Å². The fourth-order valence-electron chi connectivity index (χ4n) is 4.27. The molecule has 1 aromatic carbocycles. The highest BCUT2D eigenvalue weighted by Gasteiger charge is 2.27. The largest absolute Gasteiger partial charge is 0.494 e. The number of piperazine rings is 1. The minimum Gasteiger partial charge on any atom is -0.494 e. The number of amides is 1. The van der Waals surface area contributed by atoms with Gasteiger partial charge in [-0.15, -0.1) is 0 Å². The maximum atomic E-state index is 12.7. The zero-order valence-corrected chi connectivity index (χ0v) is 18.7. The highest BCUT2D eigenvalue weighted by atomic mass is 32.1. The first kappa shape index (κ1) is 21.8. The first-order valence-corrected chi connectivity index (χ1v) is 11.1. The van der Waals surface area contributed by atoms with Gasteiger partial charge >= 0.3 is 0 Å². The lowest BCUT2D eigenvalue weighted by atomic mass is 9.92. The molecule has 29 heavy (non-hydrogen) atoms. The Morgan fingerprint density at radius 1 is 1.07 bits per heavy atom. The number of piperidine rings is 1. The van der Waals surface area contributed by atoms with Crippen LogP contribution in [0, 0.1) is 11.8 Å². The van der Waals surface area contributed by atoms with Crippen LogP contribution < -0.4 is 10.1 Å². The van der Waals surface area contributed by atoms with Crippen LogP contribution in [0.5, 0.6) is 5.75 Å². The number of anilines is 1. The molecule has 0 unspecified atom stereocenters. The standard InChI is InChI=1S/C22H34N4O2S/c1-4-28-20-7-5-19(6-8-20)23-22(29)25-11-9-24(10-12-25)16-21(27)26-14-17(2)13-18(3)15-26/h5-8,17-18H,4,9-16H2,1-3H3,(H,23,29)/t17-,18+. The number of ether oxygens (including phenoxy) is 1. The molecular formula is C22H34N4O2S. The summed E-state index contributed by atoms with van der Waals surface area (Å²) < 4.78 is 5.47. The van der Waals surface area contributed by atoms with Gasteiger partial charge in [0.25, 0.3) is 0 Å².